The zero-order valence-electron chi connectivity index (χ0n) is 16.6. The molecule has 2 bridgehead atoms. The van der Waals surface area contributed by atoms with Crippen LogP contribution in [0.5, 0.6) is 5.75 Å². The Hall–Kier alpha value is -2.43. The lowest BCUT2D eigenvalue weighted by Crippen LogP contribution is -2.55. The van der Waals surface area contributed by atoms with Crippen molar-refractivity contribution in [2.24, 2.45) is 5.92 Å². The molecular weight excluding hydrogens is 363 g/mol. The standard InChI is InChI=1S/C25H27FN2O/c26-21-8-5-18(6-9-21)17-29-25-10-7-19-3-1-2-4-22(19)23(25)15-27-24-16-28-13-11-20(24)12-14-28/h1-10,20,24,27H,11-17H2. The summed E-state index contributed by atoms with van der Waals surface area (Å²) in [5.41, 5.74) is 2.18. The van der Waals surface area contributed by atoms with Gasteiger partial charge in [-0.3, -0.25) is 0 Å². The van der Waals surface area contributed by atoms with Gasteiger partial charge in [0.1, 0.15) is 18.2 Å². The van der Waals surface area contributed by atoms with Crippen LogP contribution in [0.15, 0.2) is 60.7 Å². The van der Waals surface area contributed by atoms with Crippen molar-refractivity contribution in [2.75, 3.05) is 19.6 Å². The first-order valence-electron chi connectivity index (χ1n) is 10.6. The molecule has 3 aromatic carbocycles. The van der Waals surface area contributed by atoms with E-state index in [-0.39, 0.29) is 5.82 Å². The minimum absolute atomic E-state index is 0.220. The summed E-state index contributed by atoms with van der Waals surface area (Å²) in [6.45, 7) is 4.90. The van der Waals surface area contributed by atoms with E-state index in [9.17, 15) is 4.39 Å². The van der Waals surface area contributed by atoms with Gasteiger partial charge in [0, 0.05) is 24.7 Å². The topological polar surface area (TPSA) is 24.5 Å². The van der Waals surface area contributed by atoms with Crippen LogP contribution in [0.1, 0.15) is 24.0 Å². The third-order valence-electron chi connectivity index (χ3n) is 6.50. The second-order valence-corrected chi connectivity index (χ2v) is 8.30. The summed E-state index contributed by atoms with van der Waals surface area (Å²) in [5.74, 6) is 1.47. The molecule has 4 heteroatoms. The van der Waals surface area contributed by atoms with E-state index in [1.165, 1.54) is 54.4 Å². The van der Waals surface area contributed by atoms with Crippen molar-refractivity contribution in [1.82, 2.24) is 10.2 Å². The lowest BCUT2D eigenvalue weighted by atomic mass is 9.84. The Balaban J connectivity index is 1.37. The Kier molecular flexibility index (Phi) is 5.21. The number of ether oxygens (including phenoxy) is 1. The largest absolute Gasteiger partial charge is 0.489 e. The Morgan fingerprint density at radius 2 is 1.76 bits per heavy atom. The fraction of sp³-hybridized carbons (Fsp3) is 0.360. The van der Waals surface area contributed by atoms with E-state index in [1.807, 2.05) is 0 Å². The highest BCUT2D eigenvalue weighted by Crippen LogP contribution is 2.31. The van der Waals surface area contributed by atoms with Crippen LogP contribution < -0.4 is 10.1 Å². The Morgan fingerprint density at radius 3 is 2.52 bits per heavy atom. The molecule has 0 aromatic heterocycles. The predicted molar refractivity (Wildman–Crippen MR) is 114 cm³/mol. The quantitative estimate of drug-likeness (QED) is 0.658. The number of nitrogens with one attached hydrogen (secondary N) is 1. The van der Waals surface area contributed by atoms with E-state index in [2.05, 4.69) is 46.6 Å². The van der Waals surface area contributed by atoms with Crippen molar-refractivity contribution in [1.29, 1.82) is 0 Å². The Morgan fingerprint density at radius 1 is 0.966 bits per heavy atom. The second-order valence-electron chi connectivity index (χ2n) is 8.30. The number of benzene rings is 3. The van der Waals surface area contributed by atoms with Gasteiger partial charge in [0.25, 0.3) is 0 Å². The zero-order valence-corrected chi connectivity index (χ0v) is 16.6. The number of halogens is 1. The molecule has 0 spiro atoms. The summed E-state index contributed by atoms with van der Waals surface area (Å²) in [7, 11) is 0. The maximum absolute atomic E-state index is 13.2. The van der Waals surface area contributed by atoms with Gasteiger partial charge in [0.2, 0.25) is 0 Å². The maximum Gasteiger partial charge on any atom is 0.124 e. The molecule has 0 radical (unpaired) electrons. The van der Waals surface area contributed by atoms with Gasteiger partial charge in [0.15, 0.2) is 0 Å². The van der Waals surface area contributed by atoms with Crippen molar-refractivity contribution < 1.29 is 9.13 Å². The molecule has 3 saturated heterocycles. The van der Waals surface area contributed by atoms with Gasteiger partial charge in [-0.1, -0.05) is 42.5 Å². The number of rotatable bonds is 6. The SMILES string of the molecule is Fc1ccc(COc2ccc3ccccc3c2CNC2CN3CCC2CC3)cc1. The molecule has 0 saturated carbocycles. The van der Waals surface area contributed by atoms with E-state index in [4.69, 9.17) is 4.74 Å². The first-order valence-corrected chi connectivity index (χ1v) is 10.6. The number of fused-ring (bicyclic) bond motifs is 4. The normalized spacial score (nSPS) is 23.4. The second kappa shape index (κ2) is 8.13. The molecule has 6 rings (SSSR count). The van der Waals surface area contributed by atoms with E-state index in [0.29, 0.717) is 12.6 Å². The first kappa shape index (κ1) is 18.6. The van der Waals surface area contributed by atoms with E-state index < -0.39 is 0 Å². The van der Waals surface area contributed by atoms with Crippen molar-refractivity contribution in [3.05, 3.63) is 77.6 Å². The van der Waals surface area contributed by atoms with Crippen LogP contribution in [0.25, 0.3) is 10.8 Å². The number of hydrogen-bond donors (Lipinski definition) is 1. The molecule has 3 heterocycles. The zero-order chi connectivity index (χ0) is 19.6. The third-order valence-corrected chi connectivity index (χ3v) is 6.50. The third kappa shape index (κ3) is 4.00. The average molecular weight is 391 g/mol. The molecule has 1 atom stereocenters. The fourth-order valence-electron chi connectivity index (χ4n) is 4.80. The molecule has 0 aliphatic carbocycles. The molecule has 1 N–H and O–H groups in total. The number of nitrogens with zero attached hydrogens (tertiary/aromatic N) is 1. The van der Waals surface area contributed by atoms with Crippen LogP contribution in [-0.2, 0) is 13.2 Å². The van der Waals surface area contributed by atoms with Gasteiger partial charge in [-0.25, -0.2) is 4.39 Å². The summed E-state index contributed by atoms with van der Waals surface area (Å²) in [5, 5.41) is 6.30. The molecule has 3 aromatic rings. The highest BCUT2D eigenvalue weighted by Gasteiger charge is 2.33. The summed E-state index contributed by atoms with van der Waals surface area (Å²) in [4.78, 5) is 2.58. The molecule has 3 aliphatic rings. The highest BCUT2D eigenvalue weighted by molar-refractivity contribution is 5.87. The van der Waals surface area contributed by atoms with Crippen LogP contribution >= 0.6 is 0 Å². The highest BCUT2D eigenvalue weighted by atomic mass is 19.1. The lowest BCUT2D eigenvalue weighted by molar-refractivity contribution is 0.0719. The summed E-state index contributed by atoms with van der Waals surface area (Å²) >= 11 is 0. The number of hydrogen-bond acceptors (Lipinski definition) is 3. The minimum atomic E-state index is -0.220. The monoisotopic (exact) mass is 390 g/mol. The smallest absolute Gasteiger partial charge is 0.124 e. The van der Waals surface area contributed by atoms with Crippen molar-refractivity contribution >= 4 is 10.8 Å². The van der Waals surface area contributed by atoms with Gasteiger partial charge < -0.3 is 15.0 Å². The molecular formula is C25H27FN2O. The van der Waals surface area contributed by atoms with Crippen LogP contribution in [0, 0.1) is 11.7 Å². The summed E-state index contributed by atoms with van der Waals surface area (Å²) in [6, 6.07) is 19.8. The van der Waals surface area contributed by atoms with Crippen LogP contribution in [0.3, 0.4) is 0 Å². The first-order chi connectivity index (χ1) is 14.3. The molecule has 3 aliphatic heterocycles. The van der Waals surface area contributed by atoms with Gasteiger partial charge >= 0.3 is 0 Å². The summed E-state index contributed by atoms with van der Waals surface area (Å²) in [6.07, 6.45) is 2.61. The predicted octanol–water partition coefficient (Wildman–Crippen LogP) is 4.74. The molecule has 1 unspecified atom stereocenters. The van der Waals surface area contributed by atoms with Gasteiger partial charge in [0.05, 0.1) is 0 Å². The van der Waals surface area contributed by atoms with Crippen molar-refractivity contribution in [3.8, 4) is 5.75 Å². The maximum atomic E-state index is 13.2. The molecule has 0 amide bonds. The molecule has 29 heavy (non-hydrogen) atoms. The van der Waals surface area contributed by atoms with E-state index in [1.54, 1.807) is 12.1 Å². The van der Waals surface area contributed by atoms with E-state index >= 15 is 0 Å². The van der Waals surface area contributed by atoms with Crippen LogP contribution in [0.2, 0.25) is 0 Å². The van der Waals surface area contributed by atoms with Gasteiger partial charge in [-0.05, 0) is 66.4 Å². The van der Waals surface area contributed by atoms with Gasteiger partial charge in [-0.15, -0.1) is 0 Å². The Bertz CT molecular complexity index is 980. The molecule has 150 valence electrons. The summed E-state index contributed by atoms with van der Waals surface area (Å²) < 4.78 is 19.4. The Labute approximate surface area is 171 Å². The van der Waals surface area contributed by atoms with E-state index in [0.717, 1.165) is 30.3 Å². The molecule has 3 nitrogen and oxygen atoms in total. The fourth-order valence-corrected chi connectivity index (χ4v) is 4.80. The van der Waals surface area contributed by atoms with Crippen molar-refractivity contribution in [2.45, 2.75) is 32.0 Å². The van der Waals surface area contributed by atoms with Crippen LogP contribution in [0.4, 0.5) is 4.39 Å². The number of piperidine rings is 3. The van der Waals surface area contributed by atoms with Crippen molar-refractivity contribution in [3.63, 3.8) is 0 Å². The van der Waals surface area contributed by atoms with Crippen LogP contribution in [-0.4, -0.2) is 30.6 Å². The van der Waals surface area contributed by atoms with Gasteiger partial charge in [-0.2, -0.15) is 0 Å². The molecule has 3 fully saturated rings. The lowest BCUT2D eigenvalue weighted by Gasteiger charge is -2.45. The average Bonchev–Trinajstić information content (AvgIpc) is 2.78. The minimum Gasteiger partial charge on any atom is -0.489 e.